The molecule has 3 fully saturated rings. The van der Waals surface area contributed by atoms with E-state index in [0.717, 1.165) is 28.8 Å². The third-order valence-electron chi connectivity index (χ3n) is 6.17. The summed E-state index contributed by atoms with van der Waals surface area (Å²) in [6, 6.07) is 6.08. The number of fused-ring (bicyclic) bond motifs is 4. The van der Waals surface area contributed by atoms with Gasteiger partial charge in [-0.2, -0.15) is 5.10 Å². The van der Waals surface area contributed by atoms with Gasteiger partial charge in [0.15, 0.2) is 5.69 Å². The maximum absolute atomic E-state index is 12.8. The van der Waals surface area contributed by atoms with Crippen molar-refractivity contribution in [3.63, 3.8) is 0 Å². The largest absolute Gasteiger partial charge is 0.350 e. The van der Waals surface area contributed by atoms with Gasteiger partial charge in [-0.1, -0.05) is 17.6 Å². The van der Waals surface area contributed by atoms with Gasteiger partial charge in [-0.05, 0) is 55.9 Å². The monoisotopic (exact) mass is 309 g/mol. The minimum Gasteiger partial charge on any atom is -0.350 e. The number of nitrogens with one attached hydrogen (secondary N) is 1. The van der Waals surface area contributed by atoms with Crippen LogP contribution >= 0.6 is 0 Å². The molecule has 0 radical (unpaired) electrons. The van der Waals surface area contributed by atoms with Gasteiger partial charge in [0.05, 0.1) is 5.52 Å². The highest BCUT2D eigenvalue weighted by Crippen LogP contribution is 2.49. The van der Waals surface area contributed by atoms with Gasteiger partial charge in [-0.15, -0.1) is 0 Å². The van der Waals surface area contributed by atoms with Crippen LogP contribution in [0, 0.1) is 11.3 Å². The summed E-state index contributed by atoms with van der Waals surface area (Å²) in [7, 11) is 3.95. The molecular weight excluding hydrogens is 285 g/mol. The standard InChI is InChI=1S/C18H24BN3O/c1-22-14-4-2-3-13(19)15(14)16(21-22)17(23)20-11-18-8-5-12(6-9-18)7-10-18/h2-4,12H,5-11,19H2,1H3,(H,20,23). The van der Waals surface area contributed by atoms with Crippen molar-refractivity contribution in [3.8, 4) is 0 Å². The lowest BCUT2D eigenvalue weighted by Crippen LogP contribution is -2.43. The summed E-state index contributed by atoms with van der Waals surface area (Å²) in [6.07, 6.45) is 7.88. The zero-order valence-electron chi connectivity index (χ0n) is 14.1. The maximum atomic E-state index is 12.8. The summed E-state index contributed by atoms with van der Waals surface area (Å²) in [4.78, 5) is 12.8. The van der Waals surface area contributed by atoms with Crippen LogP contribution in [-0.4, -0.2) is 30.1 Å². The van der Waals surface area contributed by atoms with Gasteiger partial charge in [-0.25, -0.2) is 0 Å². The second-order valence-electron chi connectivity index (χ2n) is 7.61. The van der Waals surface area contributed by atoms with Crippen LogP contribution in [0.1, 0.15) is 49.0 Å². The van der Waals surface area contributed by atoms with Crippen molar-refractivity contribution in [1.29, 1.82) is 0 Å². The number of aromatic nitrogens is 2. The van der Waals surface area contributed by atoms with E-state index >= 15 is 0 Å². The van der Waals surface area contributed by atoms with Crippen molar-refractivity contribution in [1.82, 2.24) is 15.1 Å². The maximum Gasteiger partial charge on any atom is 0.272 e. The molecule has 0 atom stereocenters. The molecule has 4 nitrogen and oxygen atoms in total. The molecule has 5 heteroatoms. The summed E-state index contributed by atoms with van der Waals surface area (Å²) in [6.45, 7) is 0.808. The molecule has 2 bridgehead atoms. The fourth-order valence-corrected chi connectivity index (χ4v) is 4.60. The van der Waals surface area contributed by atoms with Crippen LogP contribution in [0.4, 0.5) is 0 Å². The zero-order valence-corrected chi connectivity index (χ0v) is 14.1. The van der Waals surface area contributed by atoms with Gasteiger partial charge in [0.2, 0.25) is 0 Å². The Labute approximate surface area is 138 Å². The van der Waals surface area contributed by atoms with Gasteiger partial charge in [0.1, 0.15) is 7.85 Å². The molecule has 5 rings (SSSR count). The van der Waals surface area contributed by atoms with E-state index in [1.54, 1.807) is 4.68 Å². The Morgan fingerprint density at radius 3 is 2.74 bits per heavy atom. The predicted molar refractivity (Wildman–Crippen MR) is 94.9 cm³/mol. The Kier molecular flexibility index (Phi) is 3.47. The number of rotatable bonds is 3. The Bertz CT molecular complexity index is 745. The Balaban J connectivity index is 1.56. The number of carbonyl (C=O) groups is 1. The van der Waals surface area contributed by atoms with Gasteiger partial charge in [0, 0.05) is 19.0 Å². The highest BCUT2D eigenvalue weighted by molar-refractivity contribution is 6.40. The lowest BCUT2D eigenvalue weighted by molar-refractivity contribution is 0.0596. The molecule has 2 aromatic rings. The van der Waals surface area contributed by atoms with Crippen LogP contribution in [0.15, 0.2) is 18.2 Å². The van der Waals surface area contributed by atoms with E-state index in [1.165, 1.54) is 38.5 Å². The topological polar surface area (TPSA) is 46.9 Å². The lowest BCUT2D eigenvalue weighted by Gasteiger charge is -2.46. The van der Waals surface area contributed by atoms with Crippen molar-refractivity contribution in [3.05, 3.63) is 23.9 Å². The molecule has 1 aromatic carbocycles. The molecule has 3 saturated carbocycles. The molecular formula is C18H24BN3O. The van der Waals surface area contributed by atoms with Crippen LogP contribution < -0.4 is 10.8 Å². The normalized spacial score (nSPS) is 26.6. The van der Waals surface area contributed by atoms with Crippen LogP contribution in [0.2, 0.25) is 0 Å². The highest BCUT2D eigenvalue weighted by Gasteiger charge is 2.40. The summed E-state index contributed by atoms with van der Waals surface area (Å²) in [5.41, 5.74) is 3.05. The molecule has 0 spiro atoms. The zero-order chi connectivity index (χ0) is 16.0. The molecule has 3 aliphatic rings. The van der Waals surface area contributed by atoms with Crippen LogP contribution in [0.5, 0.6) is 0 Å². The predicted octanol–water partition coefficient (Wildman–Crippen LogP) is 1.53. The summed E-state index contributed by atoms with van der Waals surface area (Å²) >= 11 is 0. The number of nitrogens with zero attached hydrogens (tertiary/aromatic N) is 2. The third kappa shape index (κ3) is 2.46. The van der Waals surface area contributed by atoms with Crippen LogP contribution in [0.3, 0.4) is 0 Å². The van der Waals surface area contributed by atoms with Gasteiger partial charge in [-0.3, -0.25) is 9.48 Å². The second-order valence-corrected chi connectivity index (χ2v) is 7.61. The van der Waals surface area contributed by atoms with Crippen LogP contribution in [0.25, 0.3) is 10.9 Å². The number of amides is 1. The summed E-state index contributed by atoms with van der Waals surface area (Å²) in [5, 5.41) is 8.66. The second kappa shape index (κ2) is 5.39. The van der Waals surface area contributed by atoms with Crippen molar-refractivity contribution < 1.29 is 4.79 Å². The first-order valence-electron chi connectivity index (χ1n) is 8.79. The number of benzene rings is 1. The number of hydrogen-bond acceptors (Lipinski definition) is 2. The molecule has 1 N–H and O–H groups in total. The summed E-state index contributed by atoms with van der Waals surface area (Å²) in [5.74, 6) is 0.932. The van der Waals surface area contributed by atoms with E-state index in [-0.39, 0.29) is 5.91 Å². The molecule has 1 aromatic heterocycles. The smallest absolute Gasteiger partial charge is 0.272 e. The van der Waals surface area contributed by atoms with E-state index < -0.39 is 0 Å². The average Bonchev–Trinajstić information content (AvgIpc) is 2.93. The fourth-order valence-electron chi connectivity index (χ4n) is 4.60. The minimum absolute atomic E-state index is 0.0213. The lowest BCUT2D eigenvalue weighted by atomic mass is 9.61. The molecule has 0 saturated heterocycles. The molecule has 0 aliphatic heterocycles. The van der Waals surface area contributed by atoms with Crippen molar-refractivity contribution in [2.45, 2.75) is 38.5 Å². The van der Waals surface area contributed by atoms with Gasteiger partial charge >= 0.3 is 0 Å². The fraction of sp³-hybridized carbons (Fsp3) is 0.556. The van der Waals surface area contributed by atoms with Crippen molar-refractivity contribution in [2.75, 3.05) is 6.54 Å². The van der Waals surface area contributed by atoms with Gasteiger partial charge < -0.3 is 5.32 Å². The number of aryl methyl sites for hydroxylation is 1. The molecule has 1 amide bonds. The molecule has 3 aliphatic carbocycles. The Morgan fingerprint density at radius 1 is 1.35 bits per heavy atom. The highest BCUT2D eigenvalue weighted by atomic mass is 16.1. The molecule has 120 valence electrons. The van der Waals surface area contributed by atoms with E-state index in [2.05, 4.69) is 10.4 Å². The quantitative estimate of drug-likeness (QED) is 0.874. The Morgan fingerprint density at radius 2 is 2.04 bits per heavy atom. The molecule has 0 unspecified atom stereocenters. The summed E-state index contributed by atoms with van der Waals surface area (Å²) < 4.78 is 1.81. The molecule has 23 heavy (non-hydrogen) atoms. The van der Waals surface area contributed by atoms with E-state index in [0.29, 0.717) is 11.1 Å². The van der Waals surface area contributed by atoms with Gasteiger partial charge in [0.25, 0.3) is 5.91 Å². The van der Waals surface area contributed by atoms with E-state index in [4.69, 9.17) is 0 Å². The first-order valence-corrected chi connectivity index (χ1v) is 8.79. The molecule has 1 heterocycles. The Hall–Kier alpha value is -1.78. The van der Waals surface area contributed by atoms with Crippen molar-refractivity contribution in [2.24, 2.45) is 18.4 Å². The SMILES string of the molecule is Bc1cccc2c1c(C(=O)NCC13CCC(CC1)CC3)nn2C. The van der Waals surface area contributed by atoms with Crippen LogP contribution in [-0.2, 0) is 7.05 Å². The minimum atomic E-state index is -0.0213. The first-order chi connectivity index (χ1) is 11.1. The average molecular weight is 309 g/mol. The number of carbonyl (C=O) groups excluding carboxylic acids is 1. The number of hydrogen-bond donors (Lipinski definition) is 1. The van der Waals surface area contributed by atoms with E-state index in [9.17, 15) is 4.79 Å². The first kappa shape index (κ1) is 14.8. The van der Waals surface area contributed by atoms with E-state index in [1.807, 2.05) is 33.1 Å². The van der Waals surface area contributed by atoms with Crippen molar-refractivity contribution >= 4 is 30.1 Å². The third-order valence-corrected chi connectivity index (χ3v) is 6.17.